The van der Waals surface area contributed by atoms with Crippen LogP contribution in [0.3, 0.4) is 0 Å². The Morgan fingerprint density at radius 3 is 2.88 bits per heavy atom. The average molecular weight is 237 g/mol. The molecule has 0 unspecified atom stereocenters. The van der Waals surface area contributed by atoms with Gasteiger partial charge in [0.2, 0.25) is 0 Å². The molecule has 17 heavy (non-hydrogen) atoms. The van der Waals surface area contributed by atoms with Crippen LogP contribution in [-0.2, 0) is 13.6 Å². The van der Waals surface area contributed by atoms with Crippen LogP contribution < -0.4 is 5.32 Å². The molecule has 1 heterocycles. The zero-order valence-electron chi connectivity index (χ0n) is 9.40. The van der Waals surface area contributed by atoms with Crippen LogP contribution in [0.25, 0.3) is 0 Å². The quantitative estimate of drug-likeness (QED) is 0.886. The van der Waals surface area contributed by atoms with Gasteiger partial charge in [-0.3, -0.25) is 4.68 Å². The molecule has 0 saturated carbocycles. The molecule has 1 aromatic heterocycles. The van der Waals surface area contributed by atoms with E-state index in [1.165, 1.54) is 12.1 Å². The van der Waals surface area contributed by atoms with Crippen LogP contribution in [0, 0.1) is 0 Å². The normalized spacial score (nSPS) is 10.8. The maximum atomic E-state index is 12.5. The zero-order chi connectivity index (χ0) is 12.3. The molecule has 2 rings (SSSR count). The van der Waals surface area contributed by atoms with E-state index in [1.807, 2.05) is 19.3 Å². The number of aromatic nitrogens is 2. The lowest BCUT2D eigenvalue weighted by molar-refractivity contribution is 0.151. The first-order valence-electron chi connectivity index (χ1n) is 5.24. The van der Waals surface area contributed by atoms with Gasteiger partial charge in [-0.05, 0) is 11.6 Å². The van der Waals surface area contributed by atoms with E-state index in [2.05, 4.69) is 10.4 Å². The van der Waals surface area contributed by atoms with E-state index in [0.717, 1.165) is 11.3 Å². The van der Waals surface area contributed by atoms with E-state index in [4.69, 9.17) is 0 Å². The van der Waals surface area contributed by atoms with Crippen LogP contribution in [0.2, 0.25) is 0 Å². The summed E-state index contributed by atoms with van der Waals surface area (Å²) >= 11 is 0. The number of alkyl halides is 2. The first kappa shape index (κ1) is 11.6. The smallest absolute Gasteiger partial charge is 0.263 e. The van der Waals surface area contributed by atoms with Crippen molar-refractivity contribution in [1.82, 2.24) is 9.78 Å². The molecule has 90 valence electrons. The second kappa shape index (κ2) is 4.95. The van der Waals surface area contributed by atoms with Crippen LogP contribution in [0.1, 0.15) is 17.6 Å². The fourth-order valence-corrected chi connectivity index (χ4v) is 1.56. The van der Waals surface area contributed by atoms with E-state index in [1.54, 1.807) is 16.9 Å². The molecule has 0 bridgehead atoms. The molecule has 0 fully saturated rings. The van der Waals surface area contributed by atoms with E-state index in [-0.39, 0.29) is 5.56 Å². The predicted octanol–water partition coefficient (Wildman–Crippen LogP) is 2.97. The molecule has 0 aliphatic rings. The van der Waals surface area contributed by atoms with Gasteiger partial charge < -0.3 is 5.32 Å². The third-order valence-corrected chi connectivity index (χ3v) is 2.40. The molecule has 5 heteroatoms. The standard InChI is InChI=1S/C12H13F2N3/c1-17-8-11(7-16-17)15-6-9-3-2-4-10(5-9)12(13)14/h2-5,7-8,12,15H,6H2,1H3. The molecular weight excluding hydrogens is 224 g/mol. The Hall–Kier alpha value is -1.91. The summed E-state index contributed by atoms with van der Waals surface area (Å²) in [5, 5.41) is 7.13. The molecule has 1 aromatic carbocycles. The van der Waals surface area contributed by atoms with Gasteiger partial charge in [0, 0.05) is 25.4 Å². The van der Waals surface area contributed by atoms with Crippen molar-refractivity contribution in [2.24, 2.45) is 7.05 Å². The summed E-state index contributed by atoms with van der Waals surface area (Å²) in [5.74, 6) is 0. The number of hydrogen-bond donors (Lipinski definition) is 1. The highest BCUT2D eigenvalue weighted by molar-refractivity contribution is 5.39. The molecule has 0 saturated heterocycles. The average Bonchev–Trinajstić information content (AvgIpc) is 2.73. The fourth-order valence-electron chi connectivity index (χ4n) is 1.56. The fraction of sp³-hybridized carbons (Fsp3) is 0.250. The van der Waals surface area contributed by atoms with Gasteiger partial charge >= 0.3 is 0 Å². The molecule has 3 nitrogen and oxygen atoms in total. The van der Waals surface area contributed by atoms with Gasteiger partial charge in [0.15, 0.2) is 0 Å². The lowest BCUT2D eigenvalue weighted by Gasteiger charge is -2.06. The van der Waals surface area contributed by atoms with Gasteiger partial charge in [-0.15, -0.1) is 0 Å². The van der Waals surface area contributed by atoms with Crippen molar-refractivity contribution >= 4 is 5.69 Å². The molecule has 0 aliphatic heterocycles. The molecule has 0 atom stereocenters. The third-order valence-electron chi connectivity index (χ3n) is 2.40. The Kier molecular flexibility index (Phi) is 3.37. The van der Waals surface area contributed by atoms with Crippen molar-refractivity contribution < 1.29 is 8.78 Å². The Bertz CT molecular complexity index is 494. The second-order valence-electron chi connectivity index (χ2n) is 3.80. The van der Waals surface area contributed by atoms with Crippen LogP contribution in [-0.4, -0.2) is 9.78 Å². The molecule has 1 N–H and O–H groups in total. The van der Waals surface area contributed by atoms with Crippen LogP contribution in [0.4, 0.5) is 14.5 Å². The highest BCUT2D eigenvalue weighted by Gasteiger charge is 2.06. The van der Waals surface area contributed by atoms with Crippen molar-refractivity contribution in [2.75, 3.05) is 5.32 Å². The minimum Gasteiger partial charge on any atom is -0.378 e. The summed E-state index contributed by atoms with van der Waals surface area (Å²) in [4.78, 5) is 0. The predicted molar refractivity (Wildman–Crippen MR) is 61.9 cm³/mol. The van der Waals surface area contributed by atoms with Gasteiger partial charge in [-0.25, -0.2) is 8.78 Å². The number of nitrogens with zero attached hydrogens (tertiary/aromatic N) is 2. The van der Waals surface area contributed by atoms with Crippen molar-refractivity contribution in [1.29, 1.82) is 0 Å². The minimum absolute atomic E-state index is 0.0514. The maximum Gasteiger partial charge on any atom is 0.263 e. The summed E-state index contributed by atoms with van der Waals surface area (Å²) in [7, 11) is 1.82. The van der Waals surface area contributed by atoms with Crippen molar-refractivity contribution in [2.45, 2.75) is 13.0 Å². The number of nitrogens with one attached hydrogen (secondary N) is 1. The first-order valence-corrected chi connectivity index (χ1v) is 5.24. The zero-order valence-corrected chi connectivity index (χ0v) is 9.40. The summed E-state index contributed by atoms with van der Waals surface area (Å²) in [6.45, 7) is 0.506. The number of aryl methyl sites for hydroxylation is 1. The summed E-state index contributed by atoms with van der Waals surface area (Å²) in [5.41, 5.74) is 1.75. The number of hydrogen-bond acceptors (Lipinski definition) is 2. The molecule has 0 amide bonds. The highest BCUT2D eigenvalue weighted by atomic mass is 19.3. The van der Waals surface area contributed by atoms with Gasteiger partial charge in [0.05, 0.1) is 11.9 Å². The third kappa shape index (κ3) is 3.03. The monoisotopic (exact) mass is 237 g/mol. The van der Waals surface area contributed by atoms with E-state index in [0.29, 0.717) is 6.54 Å². The van der Waals surface area contributed by atoms with Crippen LogP contribution in [0.5, 0.6) is 0 Å². The molecule has 0 aliphatic carbocycles. The molecule has 2 aromatic rings. The van der Waals surface area contributed by atoms with Crippen molar-refractivity contribution in [3.8, 4) is 0 Å². The van der Waals surface area contributed by atoms with Crippen molar-refractivity contribution in [3.05, 3.63) is 47.8 Å². The van der Waals surface area contributed by atoms with Gasteiger partial charge in [0.1, 0.15) is 0 Å². The Labute approximate surface area is 98.1 Å². The Balaban J connectivity index is 2.01. The largest absolute Gasteiger partial charge is 0.378 e. The van der Waals surface area contributed by atoms with Crippen LogP contribution in [0.15, 0.2) is 36.7 Å². The number of halogens is 2. The van der Waals surface area contributed by atoms with E-state index >= 15 is 0 Å². The lowest BCUT2D eigenvalue weighted by atomic mass is 10.1. The van der Waals surface area contributed by atoms with Crippen LogP contribution >= 0.6 is 0 Å². The summed E-state index contributed by atoms with van der Waals surface area (Å²) < 4.78 is 26.6. The molecular formula is C12H13F2N3. The molecule has 0 radical (unpaired) electrons. The van der Waals surface area contributed by atoms with E-state index < -0.39 is 6.43 Å². The van der Waals surface area contributed by atoms with Gasteiger partial charge in [-0.2, -0.15) is 5.10 Å². The number of rotatable bonds is 4. The molecule has 0 spiro atoms. The second-order valence-corrected chi connectivity index (χ2v) is 3.80. The van der Waals surface area contributed by atoms with Crippen molar-refractivity contribution in [3.63, 3.8) is 0 Å². The van der Waals surface area contributed by atoms with Gasteiger partial charge in [0.25, 0.3) is 6.43 Å². The number of benzene rings is 1. The summed E-state index contributed by atoms with van der Waals surface area (Å²) in [6, 6.07) is 6.39. The first-order chi connectivity index (χ1) is 8.15. The topological polar surface area (TPSA) is 29.9 Å². The highest BCUT2D eigenvalue weighted by Crippen LogP contribution is 2.19. The number of anilines is 1. The van der Waals surface area contributed by atoms with Gasteiger partial charge in [-0.1, -0.05) is 18.2 Å². The Morgan fingerprint density at radius 1 is 1.41 bits per heavy atom. The Morgan fingerprint density at radius 2 is 2.24 bits per heavy atom. The SMILES string of the molecule is Cn1cc(NCc2cccc(C(F)F)c2)cn1. The van der Waals surface area contributed by atoms with E-state index in [9.17, 15) is 8.78 Å². The summed E-state index contributed by atoms with van der Waals surface area (Å²) in [6.07, 6.45) is 1.10. The maximum absolute atomic E-state index is 12.5. The minimum atomic E-state index is -2.42. The lowest BCUT2D eigenvalue weighted by Crippen LogP contribution is -1.99.